The number of para-hydroxylation sites is 1. The summed E-state index contributed by atoms with van der Waals surface area (Å²) >= 11 is 0. The average molecular weight is 463 g/mol. The summed E-state index contributed by atoms with van der Waals surface area (Å²) in [6.45, 7) is 1.92. The van der Waals surface area contributed by atoms with Gasteiger partial charge in [-0.25, -0.2) is 0 Å². The maximum Gasteiger partial charge on any atom is 0.300 e. The number of hydrogen-bond acceptors (Lipinski definition) is 5. The molecule has 4 aromatic rings. The maximum atomic E-state index is 13.3. The van der Waals surface area contributed by atoms with Crippen molar-refractivity contribution in [2.45, 2.75) is 13.0 Å². The zero-order valence-corrected chi connectivity index (χ0v) is 19.0. The van der Waals surface area contributed by atoms with Gasteiger partial charge >= 0.3 is 0 Å². The molecule has 1 aromatic heterocycles. The van der Waals surface area contributed by atoms with Crippen molar-refractivity contribution in [2.24, 2.45) is 0 Å². The van der Waals surface area contributed by atoms with E-state index in [9.17, 15) is 14.7 Å². The van der Waals surface area contributed by atoms with E-state index in [0.29, 0.717) is 28.3 Å². The lowest BCUT2D eigenvalue weighted by atomic mass is 9.95. The molecule has 0 bridgehead atoms. The summed E-state index contributed by atoms with van der Waals surface area (Å²) in [5, 5.41) is 11.2. The highest BCUT2D eigenvalue weighted by Gasteiger charge is 2.47. The number of aliphatic hydroxyl groups is 1. The van der Waals surface area contributed by atoms with Crippen molar-refractivity contribution in [1.82, 2.24) is 4.98 Å². The molecule has 1 atom stereocenters. The summed E-state index contributed by atoms with van der Waals surface area (Å²) in [5.74, 6) is -0.493. The van der Waals surface area contributed by atoms with E-state index in [1.54, 1.807) is 36.4 Å². The fourth-order valence-corrected chi connectivity index (χ4v) is 4.23. The first-order valence-corrected chi connectivity index (χ1v) is 11.1. The predicted molar refractivity (Wildman–Crippen MR) is 133 cm³/mol. The number of pyridine rings is 1. The molecule has 1 N–H and O–H groups in total. The first-order chi connectivity index (χ1) is 17.0. The summed E-state index contributed by atoms with van der Waals surface area (Å²) < 4.78 is 6.00. The Morgan fingerprint density at radius 3 is 2.31 bits per heavy atom. The maximum absolute atomic E-state index is 13.3. The van der Waals surface area contributed by atoms with Crippen LogP contribution >= 0.6 is 0 Å². The van der Waals surface area contributed by atoms with Crippen LogP contribution in [0.25, 0.3) is 5.76 Å². The molecule has 2 heterocycles. The van der Waals surface area contributed by atoms with Crippen LogP contribution in [0.3, 0.4) is 0 Å². The number of anilines is 1. The summed E-state index contributed by atoms with van der Waals surface area (Å²) in [7, 11) is 0. The van der Waals surface area contributed by atoms with E-state index in [1.165, 1.54) is 17.3 Å². The van der Waals surface area contributed by atoms with E-state index in [-0.39, 0.29) is 11.3 Å². The van der Waals surface area contributed by atoms with E-state index < -0.39 is 17.7 Å². The SMILES string of the molecule is Cc1cccc(N2C(=O)C(=O)/C(=C(\O)c3ccncc3)C2c2cccc(Oc3ccccc3)c2)c1. The zero-order valence-electron chi connectivity index (χ0n) is 19.0. The van der Waals surface area contributed by atoms with Gasteiger partial charge < -0.3 is 9.84 Å². The largest absolute Gasteiger partial charge is 0.507 e. The molecule has 172 valence electrons. The molecule has 1 aliphatic heterocycles. The number of benzene rings is 3. The number of carbonyl (C=O) groups is 2. The molecule has 1 saturated heterocycles. The quantitative estimate of drug-likeness (QED) is 0.230. The molecule has 6 heteroatoms. The third-order valence-corrected chi connectivity index (χ3v) is 5.83. The van der Waals surface area contributed by atoms with Gasteiger partial charge in [0.15, 0.2) is 0 Å². The van der Waals surface area contributed by atoms with Gasteiger partial charge in [0.25, 0.3) is 11.7 Å². The van der Waals surface area contributed by atoms with Crippen LogP contribution in [0.4, 0.5) is 5.69 Å². The van der Waals surface area contributed by atoms with Crippen LogP contribution in [0.5, 0.6) is 11.5 Å². The second-order valence-electron chi connectivity index (χ2n) is 8.23. The van der Waals surface area contributed by atoms with Crippen molar-refractivity contribution in [1.29, 1.82) is 0 Å². The van der Waals surface area contributed by atoms with Gasteiger partial charge in [-0.1, -0.05) is 42.5 Å². The first kappa shape index (κ1) is 22.1. The summed E-state index contributed by atoms with van der Waals surface area (Å²) in [5.41, 5.74) is 2.57. The molecule has 5 rings (SSSR count). The van der Waals surface area contributed by atoms with Gasteiger partial charge in [0.2, 0.25) is 0 Å². The number of ether oxygens (including phenoxy) is 1. The van der Waals surface area contributed by atoms with Crippen LogP contribution in [0.1, 0.15) is 22.7 Å². The highest BCUT2D eigenvalue weighted by atomic mass is 16.5. The second-order valence-corrected chi connectivity index (χ2v) is 8.23. The number of Topliss-reactive ketones (excluding diaryl/α,β-unsaturated/α-hetero) is 1. The first-order valence-electron chi connectivity index (χ1n) is 11.1. The number of ketones is 1. The number of amides is 1. The summed E-state index contributed by atoms with van der Waals surface area (Å²) in [4.78, 5) is 32.0. The number of aryl methyl sites for hydroxylation is 1. The standard InChI is InChI=1S/C29H22N2O4/c1-19-7-5-9-22(17-19)31-26(21-8-6-12-24(18-21)35-23-10-3-2-4-11-23)25(28(33)29(31)34)27(32)20-13-15-30-16-14-20/h2-18,26,32H,1H3/b27-25-. The van der Waals surface area contributed by atoms with E-state index in [1.807, 2.05) is 61.5 Å². The number of aliphatic hydroxyl groups excluding tert-OH is 1. The molecule has 1 aliphatic rings. The van der Waals surface area contributed by atoms with Crippen LogP contribution in [0, 0.1) is 6.92 Å². The minimum atomic E-state index is -0.843. The Balaban J connectivity index is 1.67. The van der Waals surface area contributed by atoms with E-state index >= 15 is 0 Å². The lowest BCUT2D eigenvalue weighted by Crippen LogP contribution is -2.29. The highest BCUT2D eigenvalue weighted by molar-refractivity contribution is 6.51. The molecule has 0 spiro atoms. The number of nitrogens with zero attached hydrogens (tertiary/aromatic N) is 2. The lowest BCUT2D eigenvalue weighted by molar-refractivity contribution is -0.132. The van der Waals surface area contributed by atoms with Crippen LogP contribution in [-0.4, -0.2) is 21.8 Å². The van der Waals surface area contributed by atoms with Crippen molar-refractivity contribution in [3.63, 3.8) is 0 Å². The van der Waals surface area contributed by atoms with Crippen LogP contribution in [-0.2, 0) is 9.59 Å². The molecule has 0 saturated carbocycles. The molecule has 1 amide bonds. The number of carbonyl (C=O) groups excluding carboxylic acids is 2. The van der Waals surface area contributed by atoms with Gasteiger partial charge in [-0.15, -0.1) is 0 Å². The van der Waals surface area contributed by atoms with Gasteiger partial charge in [0, 0.05) is 23.6 Å². The van der Waals surface area contributed by atoms with Gasteiger partial charge in [0.1, 0.15) is 17.3 Å². The lowest BCUT2D eigenvalue weighted by Gasteiger charge is -2.26. The number of aromatic nitrogens is 1. The molecule has 0 radical (unpaired) electrons. The van der Waals surface area contributed by atoms with Gasteiger partial charge in [0.05, 0.1) is 11.6 Å². The molecule has 0 aliphatic carbocycles. The van der Waals surface area contributed by atoms with Crippen LogP contribution in [0.15, 0.2) is 109 Å². The van der Waals surface area contributed by atoms with E-state index in [2.05, 4.69) is 4.98 Å². The third kappa shape index (κ3) is 4.29. The van der Waals surface area contributed by atoms with Crippen molar-refractivity contribution < 1.29 is 19.4 Å². The van der Waals surface area contributed by atoms with E-state index in [4.69, 9.17) is 4.74 Å². The van der Waals surface area contributed by atoms with Crippen LogP contribution in [0.2, 0.25) is 0 Å². The smallest absolute Gasteiger partial charge is 0.300 e. The number of hydrogen-bond donors (Lipinski definition) is 1. The molecule has 1 fully saturated rings. The molecule has 35 heavy (non-hydrogen) atoms. The minimum absolute atomic E-state index is 0.0135. The normalized spacial score (nSPS) is 16.9. The fraction of sp³-hybridized carbons (Fsp3) is 0.0690. The fourth-order valence-electron chi connectivity index (χ4n) is 4.23. The van der Waals surface area contributed by atoms with Crippen molar-refractivity contribution >= 4 is 23.1 Å². The monoisotopic (exact) mass is 462 g/mol. The Bertz CT molecular complexity index is 1430. The van der Waals surface area contributed by atoms with Crippen molar-refractivity contribution in [2.75, 3.05) is 4.90 Å². The molecule has 3 aromatic carbocycles. The Morgan fingerprint density at radius 2 is 1.57 bits per heavy atom. The average Bonchev–Trinajstić information content (AvgIpc) is 3.15. The Hall–Kier alpha value is -4.71. The molecule has 6 nitrogen and oxygen atoms in total. The Kier molecular flexibility index (Phi) is 5.85. The summed E-state index contributed by atoms with van der Waals surface area (Å²) in [6, 6.07) is 26.3. The highest BCUT2D eigenvalue weighted by Crippen LogP contribution is 2.43. The second kappa shape index (κ2) is 9.27. The molecular weight excluding hydrogens is 440 g/mol. The zero-order chi connectivity index (χ0) is 24.4. The topological polar surface area (TPSA) is 79.7 Å². The van der Waals surface area contributed by atoms with Crippen molar-refractivity contribution in [3.8, 4) is 11.5 Å². The summed E-state index contributed by atoms with van der Waals surface area (Å²) in [6.07, 6.45) is 3.05. The van der Waals surface area contributed by atoms with Gasteiger partial charge in [-0.3, -0.25) is 19.5 Å². The minimum Gasteiger partial charge on any atom is -0.507 e. The van der Waals surface area contributed by atoms with Gasteiger partial charge in [-0.2, -0.15) is 0 Å². The third-order valence-electron chi connectivity index (χ3n) is 5.83. The molecular formula is C29H22N2O4. The Morgan fingerprint density at radius 1 is 0.857 bits per heavy atom. The Labute approximate surface area is 202 Å². The predicted octanol–water partition coefficient (Wildman–Crippen LogP) is 5.81. The van der Waals surface area contributed by atoms with Crippen molar-refractivity contribution in [3.05, 3.63) is 126 Å². The van der Waals surface area contributed by atoms with E-state index in [0.717, 1.165) is 5.56 Å². The van der Waals surface area contributed by atoms with Crippen LogP contribution < -0.4 is 9.64 Å². The van der Waals surface area contributed by atoms with Gasteiger partial charge in [-0.05, 0) is 66.6 Å². The molecule has 1 unspecified atom stereocenters. The number of rotatable bonds is 5.